The number of hydrogen-bond acceptors (Lipinski definition) is 10. The van der Waals surface area contributed by atoms with E-state index in [4.69, 9.17) is 20.7 Å². The van der Waals surface area contributed by atoms with Crippen molar-refractivity contribution in [1.82, 2.24) is 0 Å². The second kappa shape index (κ2) is 9.90. The van der Waals surface area contributed by atoms with Crippen LogP contribution in [0.25, 0.3) is 10.8 Å². The van der Waals surface area contributed by atoms with Crippen LogP contribution in [-0.2, 0) is 34.6 Å². The predicted molar refractivity (Wildman–Crippen MR) is 110 cm³/mol. The Hall–Kier alpha value is -2.31. The molecule has 1 unspecified atom stereocenters. The minimum absolute atomic E-state index is 0. The van der Waals surface area contributed by atoms with E-state index in [9.17, 15) is 45.4 Å². The summed E-state index contributed by atoms with van der Waals surface area (Å²) < 4.78 is 69.3. The van der Waals surface area contributed by atoms with Crippen molar-refractivity contribution in [2.45, 2.75) is 28.2 Å². The Morgan fingerprint density at radius 3 is 1.82 bits per heavy atom. The molecule has 0 bridgehead atoms. The summed E-state index contributed by atoms with van der Waals surface area (Å²) in [6, 6.07) is 2.87. The molecule has 0 saturated heterocycles. The van der Waals surface area contributed by atoms with Gasteiger partial charge in [0.25, 0.3) is 20.2 Å². The summed E-state index contributed by atoms with van der Waals surface area (Å²) in [6.45, 7) is 0. The molecule has 0 amide bonds. The van der Waals surface area contributed by atoms with E-state index < -0.39 is 77.8 Å². The van der Waals surface area contributed by atoms with Crippen LogP contribution in [0.3, 0.4) is 0 Å². The molecule has 0 spiro atoms. The van der Waals surface area contributed by atoms with E-state index in [-0.39, 0.29) is 40.3 Å². The summed E-state index contributed by atoms with van der Waals surface area (Å²) in [6.07, 6.45) is -2.75. The number of carbonyl (C=O) groups is 3. The Balaban J connectivity index is 0.00000544. The maximum absolute atomic E-state index is 12.2. The Labute approximate surface area is 207 Å². The van der Waals surface area contributed by atoms with Gasteiger partial charge < -0.3 is 25.8 Å². The summed E-state index contributed by atoms with van der Waals surface area (Å²) >= 11 is 0. The van der Waals surface area contributed by atoms with Crippen molar-refractivity contribution in [3.63, 3.8) is 0 Å². The van der Waals surface area contributed by atoms with Crippen molar-refractivity contribution < 1.29 is 60.4 Å². The third kappa shape index (κ3) is 6.84. The van der Waals surface area contributed by atoms with Gasteiger partial charge in [-0.3, -0.25) is 18.7 Å². The van der Waals surface area contributed by atoms with Gasteiger partial charge in [0.2, 0.25) is 0 Å². The minimum atomic E-state index is -4.94. The fraction of sp³-hybridized carbons (Fsp3) is 0.188. The quantitative estimate of drug-likeness (QED) is 0.0795. The third-order valence-corrected chi connectivity index (χ3v) is 5.75. The molecular weight excluding hydrogens is 501 g/mol. The van der Waals surface area contributed by atoms with Crippen molar-refractivity contribution in [1.29, 1.82) is 0 Å². The van der Waals surface area contributed by atoms with E-state index in [1.165, 1.54) is 0 Å². The van der Waals surface area contributed by atoms with Crippen molar-refractivity contribution >= 4 is 84.2 Å². The van der Waals surface area contributed by atoms with Crippen LogP contribution in [0.15, 0.2) is 34.1 Å². The van der Waals surface area contributed by atoms with Gasteiger partial charge in [0.05, 0.1) is 22.6 Å². The number of aliphatic carboxylic acids is 2. The van der Waals surface area contributed by atoms with Crippen LogP contribution in [0.2, 0.25) is 0 Å². The summed E-state index contributed by atoms with van der Waals surface area (Å²) in [5.41, 5.74) is 2.23. The zero-order valence-corrected chi connectivity index (χ0v) is 17.3. The van der Waals surface area contributed by atoms with Crippen LogP contribution in [0.5, 0.6) is 5.75 Å². The molecule has 0 aliphatic rings. The maximum atomic E-state index is 12.2. The zero-order valence-electron chi connectivity index (χ0n) is 15.6. The van der Waals surface area contributed by atoms with Gasteiger partial charge in [-0.05, 0) is 23.6 Å². The fourth-order valence-electron chi connectivity index (χ4n) is 2.69. The van der Waals surface area contributed by atoms with Crippen LogP contribution in [0, 0.1) is 0 Å². The van der Waals surface area contributed by atoms with Crippen molar-refractivity contribution in [2.75, 3.05) is 5.73 Å². The average Bonchev–Trinajstić information content (AvgIpc) is 2.58. The number of nitrogens with two attached hydrogens (primary N) is 1. The number of carboxylic acids is 2. The number of esters is 1. The molecule has 176 valence electrons. The Morgan fingerprint density at radius 1 is 0.909 bits per heavy atom. The number of aliphatic hydroxyl groups is 1. The summed E-state index contributed by atoms with van der Waals surface area (Å²) in [5, 5.41) is 27.1. The molecule has 14 nitrogen and oxygen atoms in total. The SMILES string of the molecule is Nc1cc(S(=O)(=O)O)cc2cc(S(=O)(=O)O)cc(OC(=O)CC(O)(CC(=O)O)C(=O)O)c12.[NaH]. The van der Waals surface area contributed by atoms with Crippen molar-refractivity contribution in [3.05, 3.63) is 24.3 Å². The topological polar surface area (TPSA) is 256 Å². The van der Waals surface area contributed by atoms with Gasteiger partial charge >= 0.3 is 47.5 Å². The Morgan fingerprint density at radius 2 is 1.39 bits per heavy atom. The van der Waals surface area contributed by atoms with Gasteiger partial charge in [0.15, 0.2) is 5.60 Å². The molecular formula is C16H16NNaO13S2. The third-order valence-electron chi connectivity index (χ3n) is 4.09. The molecule has 0 aliphatic heterocycles. The number of rotatable bonds is 8. The molecule has 33 heavy (non-hydrogen) atoms. The van der Waals surface area contributed by atoms with Crippen molar-refractivity contribution in [2.24, 2.45) is 0 Å². The summed E-state index contributed by atoms with van der Waals surface area (Å²) in [5.74, 6) is -6.01. The first kappa shape index (κ1) is 28.7. The number of fused-ring (bicyclic) bond motifs is 1. The van der Waals surface area contributed by atoms with E-state index in [2.05, 4.69) is 0 Å². The van der Waals surface area contributed by atoms with Crippen LogP contribution >= 0.6 is 0 Å². The molecule has 2 aromatic rings. The molecule has 0 radical (unpaired) electrons. The molecule has 7 N–H and O–H groups in total. The molecule has 0 aliphatic carbocycles. The Bertz CT molecular complexity index is 1350. The first-order valence-corrected chi connectivity index (χ1v) is 11.0. The molecule has 0 saturated carbocycles. The number of ether oxygens (including phenoxy) is 1. The monoisotopic (exact) mass is 517 g/mol. The fourth-order valence-corrected chi connectivity index (χ4v) is 3.78. The number of carboxylic acid groups (broad SMARTS) is 2. The van der Waals surface area contributed by atoms with E-state index >= 15 is 0 Å². The molecule has 0 aromatic heterocycles. The standard InChI is InChI=1S/C16H15NO13S2.Na.H/c17-10-3-8(31(24,25)26)1-7-2-9(32(27,28)29)4-11(14(7)10)30-13(20)6-16(23,15(21)22)5-12(18)19;;/h1-4,23H,5-6,17H2,(H,18,19)(H,21,22)(H,24,25,26)(H,27,28,29);;. The number of anilines is 1. The Kier molecular flexibility index (Phi) is 8.61. The van der Waals surface area contributed by atoms with E-state index in [1.807, 2.05) is 0 Å². The number of hydrogen-bond donors (Lipinski definition) is 6. The second-order valence-electron chi connectivity index (χ2n) is 6.54. The van der Waals surface area contributed by atoms with Gasteiger partial charge in [-0.2, -0.15) is 16.8 Å². The molecule has 0 heterocycles. The number of carbonyl (C=O) groups excluding carboxylic acids is 1. The van der Waals surface area contributed by atoms with Crippen LogP contribution in [0.4, 0.5) is 5.69 Å². The van der Waals surface area contributed by atoms with Gasteiger partial charge in [-0.25, -0.2) is 4.79 Å². The first-order valence-electron chi connectivity index (χ1n) is 8.14. The molecule has 17 heteroatoms. The van der Waals surface area contributed by atoms with Gasteiger partial charge in [-0.15, -0.1) is 0 Å². The van der Waals surface area contributed by atoms with Crippen LogP contribution < -0.4 is 10.5 Å². The predicted octanol–water partition coefficient (Wildman–Crippen LogP) is -1.15. The number of benzene rings is 2. The second-order valence-corrected chi connectivity index (χ2v) is 9.38. The molecule has 2 aromatic carbocycles. The van der Waals surface area contributed by atoms with Gasteiger partial charge in [0.1, 0.15) is 5.75 Å². The van der Waals surface area contributed by atoms with E-state index in [0.717, 1.165) is 18.2 Å². The summed E-state index contributed by atoms with van der Waals surface area (Å²) in [7, 11) is -9.74. The van der Waals surface area contributed by atoms with Gasteiger partial charge in [0, 0.05) is 17.1 Å². The normalized spacial score (nSPS) is 13.5. The van der Waals surface area contributed by atoms with Gasteiger partial charge in [-0.1, -0.05) is 0 Å². The van der Waals surface area contributed by atoms with Crippen molar-refractivity contribution in [3.8, 4) is 5.75 Å². The van der Waals surface area contributed by atoms with E-state index in [1.54, 1.807) is 0 Å². The molecule has 0 fully saturated rings. The first-order chi connectivity index (χ1) is 14.4. The van der Waals surface area contributed by atoms with Crippen LogP contribution in [-0.4, -0.2) is 94.3 Å². The molecule has 1 atom stereocenters. The van der Waals surface area contributed by atoms with Crippen LogP contribution in [0.1, 0.15) is 12.8 Å². The average molecular weight is 517 g/mol. The van der Waals surface area contributed by atoms with E-state index in [0.29, 0.717) is 6.07 Å². The molecule has 2 rings (SSSR count). The number of nitrogen functional groups attached to an aromatic ring is 1. The zero-order chi connectivity index (χ0) is 24.6. The summed E-state index contributed by atoms with van der Waals surface area (Å²) in [4.78, 5) is 32.6.